The van der Waals surface area contributed by atoms with Gasteiger partial charge in [0.1, 0.15) is 0 Å². The lowest BCUT2D eigenvalue weighted by Gasteiger charge is -2.26. The van der Waals surface area contributed by atoms with E-state index in [1.807, 2.05) is 0 Å². The third-order valence-corrected chi connectivity index (χ3v) is 3.17. The van der Waals surface area contributed by atoms with Crippen molar-refractivity contribution >= 4 is 5.91 Å². The number of carbonyl (C=O) groups excluding carboxylic acids is 1. The van der Waals surface area contributed by atoms with Crippen molar-refractivity contribution in [3.63, 3.8) is 0 Å². The summed E-state index contributed by atoms with van der Waals surface area (Å²) < 4.78 is 0. The van der Waals surface area contributed by atoms with Crippen LogP contribution in [0.3, 0.4) is 0 Å². The van der Waals surface area contributed by atoms with Crippen molar-refractivity contribution in [1.29, 1.82) is 0 Å². The zero-order valence-corrected chi connectivity index (χ0v) is 9.83. The molecule has 0 aromatic heterocycles. The minimum atomic E-state index is -0.864. The molecule has 1 fully saturated rings. The molecular formula is C11H23N3O. The molecule has 0 heterocycles. The second-order valence-corrected chi connectivity index (χ2v) is 4.87. The fourth-order valence-corrected chi connectivity index (χ4v) is 1.56. The highest BCUT2D eigenvalue weighted by Crippen LogP contribution is 2.29. The second kappa shape index (κ2) is 4.94. The summed E-state index contributed by atoms with van der Waals surface area (Å²) in [5.74, 6) is 0.465. The molecule has 15 heavy (non-hydrogen) atoms. The minimum Gasteiger partial charge on any atom is -0.368 e. The van der Waals surface area contributed by atoms with E-state index in [0.29, 0.717) is 6.42 Å². The highest BCUT2D eigenvalue weighted by atomic mass is 16.1. The number of nitrogens with two attached hydrogens (primary N) is 2. The third kappa shape index (κ3) is 4.18. The summed E-state index contributed by atoms with van der Waals surface area (Å²) in [6.07, 6.45) is 3.35. The van der Waals surface area contributed by atoms with E-state index in [1.165, 1.54) is 12.8 Å². The second-order valence-electron chi connectivity index (χ2n) is 4.87. The molecule has 4 nitrogen and oxygen atoms in total. The molecule has 0 bridgehead atoms. The topological polar surface area (TPSA) is 72.3 Å². The maximum Gasteiger partial charge on any atom is 0.237 e. The smallest absolute Gasteiger partial charge is 0.237 e. The van der Waals surface area contributed by atoms with Gasteiger partial charge in [-0.2, -0.15) is 0 Å². The number of hydrogen-bond donors (Lipinski definition) is 2. The Labute approximate surface area is 92.0 Å². The Morgan fingerprint density at radius 1 is 1.53 bits per heavy atom. The van der Waals surface area contributed by atoms with Gasteiger partial charge in [-0.05, 0) is 38.6 Å². The van der Waals surface area contributed by atoms with Gasteiger partial charge in [0.2, 0.25) is 5.91 Å². The predicted octanol–water partition coefficient (Wildman–Crippen LogP) is 0.311. The monoisotopic (exact) mass is 213 g/mol. The van der Waals surface area contributed by atoms with Crippen LogP contribution in [-0.4, -0.2) is 36.0 Å². The Hall–Kier alpha value is -0.610. The van der Waals surface area contributed by atoms with Gasteiger partial charge in [0, 0.05) is 13.1 Å². The van der Waals surface area contributed by atoms with E-state index in [9.17, 15) is 4.79 Å². The average Bonchev–Trinajstić information content (AvgIpc) is 2.95. The highest BCUT2D eigenvalue weighted by molar-refractivity contribution is 5.83. The van der Waals surface area contributed by atoms with Gasteiger partial charge < -0.3 is 16.4 Å². The van der Waals surface area contributed by atoms with Gasteiger partial charge in [0.25, 0.3) is 0 Å². The van der Waals surface area contributed by atoms with E-state index in [-0.39, 0.29) is 0 Å². The molecule has 88 valence electrons. The van der Waals surface area contributed by atoms with Gasteiger partial charge in [-0.25, -0.2) is 0 Å². The van der Waals surface area contributed by atoms with Crippen LogP contribution in [0.4, 0.5) is 0 Å². The molecule has 1 rings (SSSR count). The molecule has 0 aromatic rings. The number of nitrogens with zero attached hydrogens (tertiary/aromatic N) is 1. The minimum absolute atomic E-state index is 0.412. The first kappa shape index (κ1) is 12.5. The van der Waals surface area contributed by atoms with Crippen LogP contribution in [0.25, 0.3) is 0 Å². The first-order valence-corrected chi connectivity index (χ1v) is 5.77. The molecule has 0 saturated heterocycles. The van der Waals surface area contributed by atoms with Gasteiger partial charge in [0.15, 0.2) is 0 Å². The van der Waals surface area contributed by atoms with Crippen LogP contribution in [0.1, 0.15) is 33.1 Å². The lowest BCUT2D eigenvalue weighted by Crippen LogP contribution is -2.51. The van der Waals surface area contributed by atoms with Crippen LogP contribution < -0.4 is 11.5 Å². The highest BCUT2D eigenvalue weighted by Gasteiger charge is 2.28. The van der Waals surface area contributed by atoms with Crippen molar-refractivity contribution < 1.29 is 4.79 Å². The Bertz CT molecular complexity index is 224. The number of rotatable bonds is 7. The molecule has 0 aromatic carbocycles. The molecule has 1 saturated carbocycles. The van der Waals surface area contributed by atoms with Crippen molar-refractivity contribution in [2.45, 2.75) is 38.6 Å². The lowest BCUT2D eigenvalue weighted by atomic mass is 9.98. The third-order valence-electron chi connectivity index (χ3n) is 3.17. The Morgan fingerprint density at radius 3 is 2.53 bits per heavy atom. The molecule has 1 unspecified atom stereocenters. The van der Waals surface area contributed by atoms with Gasteiger partial charge in [0.05, 0.1) is 5.54 Å². The zero-order chi connectivity index (χ0) is 11.5. The Morgan fingerprint density at radius 2 is 2.13 bits per heavy atom. The molecule has 0 spiro atoms. The van der Waals surface area contributed by atoms with E-state index < -0.39 is 11.4 Å². The normalized spacial score (nSPS) is 20.3. The van der Waals surface area contributed by atoms with Crippen LogP contribution >= 0.6 is 0 Å². The van der Waals surface area contributed by atoms with E-state index in [4.69, 9.17) is 11.5 Å². The van der Waals surface area contributed by atoms with Crippen LogP contribution in [-0.2, 0) is 4.79 Å². The standard InChI is InChI=1S/C11H23N3O/c1-3-14(8-9-4-5-9)7-6-11(2,13)10(12)15/h9H,3-8,13H2,1-2H3,(H2,12,15). The summed E-state index contributed by atoms with van der Waals surface area (Å²) in [6, 6.07) is 0. The van der Waals surface area contributed by atoms with Crippen LogP contribution in [0.5, 0.6) is 0 Å². The first-order valence-electron chi connectivity index (χ1n) is 5.77. The zero-order valence-electron chi connectivity index (χ0n) is 9.83. The fraction of sp³-hybridized carbons (Fsp3) is 0.909. The Balaban J connectivity index is 2.28. The van der Waals surface area contributed by atoms with Crippen LogP contribution in [0.2, 0.25) is 0 Å². The van der Waals surface area contributed by atoms with Crippen molar-refractivity contribution in [2.24, 2.45) is 17.4 Å². The van der Waals surface area contributed by atoms with Crippen LogP contribution in [0, 0.1) is 5.92 Å². The number of amides is 1. The molecule has 1 aliphatic carbocycles. The summed E-state index contributed by atoms with van der Waals surface area (Å²) in [5, 5.41) is 0. The number of primary amides is 1. The summed E-state index contributed by atoms with van der Waals surface area (Å²) in [4.78, 5) is 13.4. The van der Waals surface area contributed by atoms with Gasteiger partial charge in [-0.1, -0.05) is 6.92 Å². The van der Waals surface area contributed by atoms with Crippen molar-refractivity contribution in [1.82, 2.24) is 4.90 Å². The molecular weight excluding hydrogens is 190 g/mol. The van der Waals surface area contributed by atoms with E-state index in [0.717, 1.165) is 25.6 Å². The maximum absolute atomic E-state index is 11.0. The lowest BCUT2D eigenvalue weighted by molar-refractivity contribution is -0.122. The molecule has 4 N–H and O–H groups in total. The molecule has 4 heteroatoms. The number of carbonyl (C=O) groups is 1. The summed E-state index contributed by atoms with van der Waals surface area (Å²) in [5.41, 5.74) is 10.2. The molecule has 1 amide bonds. The Kier molecular flexibility index (Phi) is 4.11. The SMILES string of the molecule is CCN(CCC(C)(N)C(N)=O)CC1CC1. The van der Waals surface area contributed by atoms with Gasteiger partial charge >= 0.3 is 0 Å². The summed E-state index contributed by atoms with van der Waals surface area (Å²) in [6.45, 7) is 6.88. The van der Waals surface area contributed by atoms with Gasteiger partial charge in [-0.3, -0.25) is 4.79 Å². The average molecular weight is 213 g/mol. The maximum atomic E-state index is 11.0. The number of hydrogen-bond acceptors (Lipinski definition) is 3. The first-order chi connectivity index (χ1) is 6.95. The van der Waals surface area contributed by atoms with Crippen molar-refractivity contribution in [3.8, 4) is 0 Å². The fourth-order valence-electron chi connectivity index (χ4n) is 1.56. The largest absolute Gasteiger partial charge is 0.368 e. The molecule has 0 aliphatic heterocycles. The summed E-state index contributed by atoms with van der Waals surface area (Å²) >= 11 is 0. The molecule has 1 atom stereocenters. The molecule has 1 aliphatic rings. The van der Waals surface area contributed by atoms with Gasteiger partial charge in [-0.15, -0.1) is 0 Å². The van der Waals surface area contributed by atoms with E-state index >= 15 is 0 Å². The summed E-state index contributed by atoms with van der Waals surface area (Å²) in [7, 11) is 0. The van der Waals surface area contributed by atoms with Crippen molar-refractivity contribution in [3.05, 3.63) is 0 Å². The van der Waals surface area contributed by atoms with Crippen molar-refractivity contribution in [2.75, 3.05) is 19.6 Å². The molecule has 0 radical (unpaired) electrons. The predicted molar refractivity (Wildman–Crippen MR) is 61.2 cm³/mol. The quantitative estimate of drug-likeness (QED) is 0.639. The van der Waals surface area contributed by atoms with E-state index in [1.54, 1.807) is 6.92 Å². The van der Waals surface area contributed by atoms with Crippen LogP contribution in [0.15, 0.2) is 0 Å². The van der Waals surface area contributed by atoms with E-state index in [2.05, 4.69) is 11.8 Å².